The van der Waals surface area contributed by atoms with E-state index in [4.69, 9.17) is 14.2 Å². The molecule has 0 fully saturated rings. The summed E-state index contributed by atoms with van der Waals surface area (Å²) in [5, 5.41) is 0. The van der Waals surface area contributed by atoms with Crippen molar-refractivity contribution in [2.45, 2.75) is 25.8 Å². The lowest BCUT2D eigenvalue weighted by Crippen LogP contribution is -2.50. The van der Waals surface area contributed by atoms with E-state index in [1.54, 1.807) is 27.2 Å². The molecule has 0 saturated heterocycles. The van der Waals surface area contributed by atoms with Crippen LogP contribution in [0, 0.1) is 0 Å². The number of methoxy groups -OCH3 is 1. The molecule has 6 heteroatoms. The van der Waals surface area contributed by atoms with Crippen molar-refractivity contribution in [2.75, 3.05) is 20.3 Å². The fourth-order valence-electron chi connectivity index (χ4n) is 3.28. The Morgan fingerprint density at radius 2 is 1.64 bits per heavy atom. The number of fused-ring (bicyclic) bond motifs is 1. The maximum absolute atomic E-state index is 12.7. The molecule has 0 atom stereocenters. The van der Waals surface area contributed by atoms with Crippen molar-refractivity contribution in [3.8, 4) is 16.9 Å². The van der Waals surface area contributed by atoms with E-state index < -0.39 is 17.5 Å². The summed E-state index contributed by atoms with van der Waals surface area (Å²) < 4.78 is 15.6. The van der Waals surface area contributed by atoms with Crippen molar-refractivity contribution in [3.05, 3.63) is 53.6 Å². The van der Waals surface area contributed by atoms with Crippen molar-refractivity contribution >= 4 is 18.2 Å². The highest BCUT2D eigenvalue weighted by Gasteiger charge is 2.51. The van der Waals surface area contributed by atoms with Gasteiger partial charge in [0.2, 0.25) is 0 Å². The van der Waals surface area contributed by atoms with Crippen LogP contribution in [0.25, 0.3) is 11.1 Å². The number of hydrogen-bond acceptors (Lipinski definition) is 6. The molecule has 0 N–H and O–H groups in total. The summed E-state index contributed by atoms with van der Waals surface area (Å²) in [4.78, 5) is 29.8. The topological polar surface area (TPSA) is 74.2 Å². The molecule has 1 heterocycles. The fraction of sp³-hybridized carbons (Fsp3) is 0.318. The molecule has 0 radical (unpaired) electrons. The molecule has 0 aromatic heterocycles. The van der Waals surface area contributed by atoms with E-state index in [-0.39, 0.29) is 19.6 Å². The van der Waals surface area contributed by atoms with E-state index in [1.807, 2.05) is 42.5 Å². The molecule has 0 saturated carbocycles. The van der Waals surface area contributed by atoms with Crippen LogP contribution in [0.15, 0.2) is 47.5 Å². The van der Waals surface area contributed by atoms with Gasteiger partial charge in [0.1, 0.15) is 5.75 Å². The van der Waals surface area contributed by atoms with Gasteiger partial charge >= 0.3 is 11.9 Å². The maximum Gasteiger partial charge on any atom is 0.346 e. The first-order chi connectivity index (χ1) is 13.6. The van der Waals surface area contributed by atoms with E-state index in [0.717, 1.165) is 28.0 Å². The molecule has 28 heavy (non-hydrogen) atoms. The first kappa shape index (κ1) is 19.6. The van der Waals surface area contributed by atoms with Crippen LogP contribution in [0.3, 0.4) is 0 Å². The summed E-state index contributed by atoms with van der Waals surface area (Å²) in [6.07, 6.45) is 1.64. The van der Waals surface area contributed by atoms with Gasteiger partial charge in [-0.15, -0.1) is 0 Å². The van der Waals surface area contributed by atoms with Gasteiger partial charge in [-0.3, -0.25) is 4.99 Å². The van der Waals surface area contributed by atoms with E-state index in [2.05, 4.69) is 4.99 Å². The molecule has 6 nitrogen and oxygen atoms in total. The van der Waals surface area contributed by atoms with Gasteiger partial charge < -0.3 is 14.2 Å². The Hall–Kier alpha value is -3.15. The third-order valence-electron chi connectivity index (χ3n) is 4.70. The first-order valence-corrected chi connectivity index (χ1v) is 9.21. The number of benzene rings is 2. The van der Waals surface area contributed by atoms with Crippen molar-refractivity contribution in [3.63, 3.8) is 0 Å². The minimum atomic E-state index is -1.72. The Labute approximate surface area is 164 Å². The van der Waals surface area contributed by atoms with Crippen LogP contribution in [0.2, 0.25) is 0 Å². The van der Waals surface area contributed by atoms with Gasteiger partial charge in [-0.1, -0.05) is 30.3 Å². The van der Waals surface area contributed by atoms with E-state index >= 15 is 0 Å². The monoisotopic (exact) mass is 381 g/mol. The normalized spacial score (nSPS) is 14.1. The van der Waals surface area contributed by atoms with Crippen LogP contribution in [-0.2, 0) is 25.5 Å². The predicted octanol–water partition coefficient (Wildman–Crippen LogP) is 3.20. The molecule has 1 aliphatic rings. The number of carbonyl (C=O) groups is 2. The fourth-order valence-corrected chi connectivity index (χ4v) is 3.28. The molecule has 3 rings (SSSR count). The van der Waals surface area contributed by atoms with Crippen LogP contribution in [-0.4, -0.2) is 44.0 Å². The summed E-state index contributed by atoms with van der Waals surface area (Å²) in [7, 11) is 1.61. The zero-order chi connectivity index (χ0) is 20.1. The molecule has 2 aromatic rings. The predicted molar refractivity (Wildman–Crippen MR) is 106 cm³/mol. The van der Waals surface area contributed by atoms with Crippen LogP contribution < -0.4 is 4.74 Å². The second-order valence-corrected chi connectivity index (χ2v) is 6.34. The summed E-state index contributed by atoms with van der Waals surface area (Å²) in [6, 6.07) is 13.4. The highest BCUT2D eigenvalue weighted by atomic mass is 16.6. The number of hydrogen-bond donors (Lipinski definition) is 0. The van der Waals surface area contributed by atoms with Crippen LogP contribution in [0.4, 0.5) is 0 Å². The maximum atomic E-state index is 12.7. The highest BCUT2D eigenvalue weighted by Crippen LogP contribution is 2.35. The summed E-state index contributed by atoms with van der Waals surface area (Å²) in [6.45, 7) is 3.70. The zero-order valence-corrected chi connectivity index (χ0v) is 16.2. The van der Waals surface area contributed by atoms with Gasteiger partial charge in [0.15, 0.2) is 0 Å². The largest absolute Gasteiger partial charge is 0.497 e. The van der Waals surface area contributed by atoms with Gasteiger partial charge in [-0.05, 0) is 48.2 Å². The number of nitrogens with zero attached hydrogens (tertiary/aromatic N) is 1. The number of rotatable bonds is 6. The van der Waals surface area contributed by atoms with Gasteiger partial charge in [0.25, 0.3) is 5.54 Å². The van der Waals surface area contributed by atoms with Crippen LogP contribution in [0.1, 0.15) is 25.0 Å². The Morgan fingerprint density at radius 3 is 2.21 bits per heavy atom. The molecule has 0 spiro atoms. The van der Waals surface area contributed by atoms with Crippen molar-refractivity contribution in [1.29, 1.82) is 0 Å². The van der Waals surface area contributed by atoms with Crippen LogP contribution >= 0.6 is 0 Å². The smallest absolute Gasteiger partial charge is 0.346 e. The van der Waals surface area contributed by atoms with Gasteiger partial charge in [-0.2, -0.15) is 0 Å². The molecule has 1 aliphatic heterocycles. The Balaban J connectivity index is 2.08. The van der Waals surface area contributed by atoms with Crippen molar-refractivity contribution in [2.24, 2.45) is 4.99 Å². The van der Waals surface area contributed by atoms with Crippen molar-refractivity contribution < 1.29 is 23.8 Å². The number of aliphatic imine (C=N–C) groups is 1. The van der Waals surface area contributed by atoms with E-state index in [0.29, 0.717) is 0 Å². The second-order valence-electron chi connectivity index (χ2n) is 6.34. The summed E-state index contributed by atoms with van der Waals surface area (Å²) >= 11 is 0. The zero-order valence-electron chi connectivity index (χ0n) is 16.2. The number of esters is 2. The average Bonchev–Trinajstić information content (AvgIpc) is 2.73. The van der Waals surface area contributed by atoms with Gasteiger partial charge in [0, 0.05) is 12.6 Å². The molecule has 0 unspecified atom stereocenters. The minimum Gasteiger partial charge on any atom is -0.497 e. The lowest BCUT2D eigenvalue weighted by molar-refractivity contribution is -0.163. The average molecular weight is 381 g/mol. The third kappa shape index (κ3) is 3.50. The molecule has 0 aliphatic carbocycles. The molecule has 0 amide bonds. The Kier molecular flexibility index (Phi) is 5.78. The number of ether oxygens (including phenoxy) is 3. The van der Waals surface area contributed by atoms with Gasteiger partial charge in [-0.25, -0.2) is 9.59 Å². The minimum absolute atomic E-state index is 0.0820. The molecule has 0 bridgehead atoms. The molecule has 2 aromatic carbocycles. The third-order valence-corrected chi connectivity index (χ3v) is 4.70. The van der Waals surface area contributed by atoms with Crippen LogP contribution in [0.5, 0.6) is 5.75 Å². The Morgan fingerprint density at radius 1 is 1.00 bits per heavy atom. The molecular weight excluding hydrogens is 358 g/mol. The molecule has 146 valence electrons. The number of carbonyl (C=O) groups excluding carboxylic acids is 2. The lowest BCUT2D eigenvalue weighted by atomic mass is 9.82. The SMILES string of the molecule is CCOC(=O)C1(C(=O)OCC)Cc2c(cccc2-c2ccc(OC)cc2)C=N1. The second kappa shape index (κ2) is 8.25. The highest BCUT2D eigenvalue weighted by molar-refractivity contribution is 6.09. The summed E-state index contributed by atoms with van der Waals surface area (Å²) in [5.74, 6) is -0.637. The van der Waals surface area contributed by atoms with E-state index in [1.165, 1.54) is 0 Å². The first-order valence-electron chi connectivity index (χ1n) is 9.21. The summed E-state index contributed by atoms with van der Waals surface area (Å²) in [5.41, 5.74) is 1.86. The quantitative estimate of drug-likeness (QED) is 0.567. The molecular formula is C22H23NO5. The van der Waals surface area contributed by atoms with E-state index in [9.17, 15) is 9.59 Å². The van der Waals surface area contributed by atoms with Gasteiger partial charge in [0.05, 0.1) is 20.3 Å². The Bertz CT molecular complexity index is 884. The standard InChI is InChI=1S/C22H23NO5/c1-4-27-20(24)22(21(25)28-5-2)13-19-16(14-23-22)7-6-8-18(19)15-9-11-17(26-3)12-10-15/h6-12,14H,4-5,13H2,1-3H3. The van der Waals surface area contributed by atoms with Crippen molar-refractivity contribution in [1.82, 2.24) is 0 Å². The lowest BCUT2D eigenvalue weighted by Gasteiger charge is -2.30.